The van der Waals surface area contributed by atoms with Crippen molar-refractivity contribution >= 4 is 35.5 Å². The highest BCUT2D eigenvalue weighted by Gasteiger charge is 2.31. The number of nitrogen functional groups attached to an aromatic ring is 1. The standard InChI is InChI=1S/C40H62N8O7/c1-7-25(2)35(38(53)44-24-29-23-43-26(3)45-36(29)41)48-34(51)22-32(49)30(20-27-14-10-8-11-15-27)46-33(50)18-19-42-37(52)31(21-28-16-12-9-13-17-28)47-39(54)55-40(4,5)6/h9,12-13,16-17,23,25,27,30-32,35,49H,7-8,10-11,14-15,18-22,24H2,1-6H3,(H,42,52)(H,44,53)(H,46,50)(H,47,54)(H,48,51)(H2,41,43,45)/t25-,30-,31-,32-,35-/m0/s1. The molecule has 1 aromatic carbocycles. The van der Waals surface area contributed by atoms with E-state index in [1.807, 2.05) is 44.2 Å². The molecule has 5 amide bonds. The number of hydrogen-bond donors (Lipinski definition) is 7. The maximum absolute atomic E-state index is 13.3. The van der Waals surface area contributed by atoms with Crippen LogP contribution in [0.15, 0.2) is 36.5 Å². The minimum absolute atomic E-state index is 0.0231. The number of aliphatic hydroxyl groups is 1. The Bertz CT molecular complexity index is 1560. The Balaban J connectivity index is 1.61. The normalized spacial score (nSPS) is 16.1. The van der Waals surface area contributed by atoms with E-state index >= 15 is 0 Å². The number of benzene rings is 1. The zero-order chi connectivity index (χ0) is 40.5. The third kappa shape index (κ3) is 16.2. The first-order chi connectivity index (χ1) is 26.0. The number of nitrogens with zero attached hydrogens (tertiary/aromatic N) is 2. The maximum atomic E-state index is 13.3. The third-order valence-corrected chi connectivity index (χ3v) is 9.74. The molecule has 3 rings (SSSR count). The summed E-state index contributed by atoms with van der Waals surface area (Å²) < 4.78 is 5.36. The van der Waals surface area contributed by atoms with Crippen LogP contribution in [0.5, 0.6) is 0 Å². The van der Waals surface area contributed by atoms with Gasteiger partial charge in [0.25, 0.3) is 0 Å². The molecule has 1 aliphatic carbocycles. The van der Waals surface area contributed by atoms with E-state index in [1.165, 1.54) is 0 Å². The van der Waals surface area contributed by atoms with Crippen LogP contribution in [0.25, 0.3) is 0 Å². The van der Waals surface area contributed by atoms with Crippen LogP contribution >= 0.6 is 0 Å². The van der Waals surface area contributed by atoms with Crippen LogP contribution in [0.2, 0.25) is 0 Å². The van der Waals surface area contributed by atoms with Crippen molar-refractivity contribution in [2.45, 2.75) is 142 Å². The Morgan fingerprint density at radius 2 is 1.65 bits per heavy atom. The second-order valence-corrected chi connectivity index (χ2v) is 15.6. The number of aromatic nitrogens is 2. The molecule has 15 nitrogen and oxygen atoms in total. The number of rotatable bonds is 19. The lowest BCUT2D eigenvalue weighted by molar-refractivity contribution is -0.132. The summed E-state index contributed by atoms with van der Waals surface area (Å²) in [5.41, 5.74) is 6.60. The summed E-state index contributed by atoms with van der Waals surface area (Å²) in [6.07, 6.45) is 5.65. The molecule has 2 aromatic rings. The first kappa shape index (κ1) is 44.6. The SMILES string of the molecule is CC[C@H](C)[C@H](NC(=O)C[C@H](O)[C@H](CC1CCCCC1)NC(=O)CCNC(=O)[C@H](Cc1ccccc1)NC(=O)OC(C)(C)C)C(=O)NCc1cnc(C)nc1N. The van der Waals surface area contributed by atoms with E-state index in [2.05, 4.69) is 36.6 Å². The average Bonchev–Trinajstić information content (AvgIpc) is 3.12. The van der Waals surface area contributed by atoms with Crippen LogP contribution in [-0.2, 0) is 36.9 Å². The summed E-state index contributed by atoms with van der Waals surface area (Å²) in [6, 6.07) is 6.68. The van der Waals surface area contributed by atoms with Gasteiger partial charge in [0.2, 0.25) is 23.6 Å². The molecule has 1 fully saturated rings. The van der Waals surface area contributed by atoms with Gasteiger partial charge >= 0.3 is 6.09 Å². The number of ether oxygens (including phenoxy) is 1. The van der Waals surface area contributed by atoms with Gasteiger partial charge in [-0.15, -0.1) is 0 Å². The molecule has 1 saturated carbocycles. The van der Waals surface area contributed by atoms with Gasteiger partial charge in [-0.05, 0) is 51.5 Å². The van der Waals surface area contributed by atoms with E-state index in [0.29, 0.717) is 24.2 Å². The van der Waals surface area contributed by atoms with Gasteiger partial charge in [0.05, 0.1) is 18.6 Å². The molecule has 0 radical (unpaired) electrons. The molecule has 0 bridgehead atoms. The Morgan fingerprint density at radius 1 is 0.964 bits per heavy atom. The molecular weight excluding hydrogens is 704 g/mol. The number of carbonyl (C=O) groups excluding carboxylic acids is 5. The van der Waals surface area contributed by atoms with Gasteiger partial charge in [-0.25, -0.2) is 14.8 Å². The fourth-order valence-corrected chi connectivity index (χ4v) is 6.51. The summed E-state index contributed by atoms with van der Waals surface area (Å²) in [6.45, 7) is 10.7. The van der Waals surface area contributed by atoms with Gasteiger partial charge < -0.3 is 42.2 Å². The molecule has 1 aliphatic rings. The molecule has 304 valence electrons. The van der Waals surface area contributed by atoms with Crippen LogP contribution in [0, 0.1) is 18.8 Å². The van der Waals surface area contributed by atoms with Crippen molar-refractivity contribution in [3.05, 3.63) is 53.5 Å². The molecule has 0 saturated heterocycles. The molecule has 1 heterocycles. The fourth-order valence-electron chi connectivity index (χ4n) is 6.51. The van der Waals surface area contributed by atoms with Gasteiger partial charge in [0, 0.05) is 37.7 Å². The highest BCUT2D eigenvalue weighted by atomic mass is 16.6. The lowest BCUT2D eigenvalue weighted by Gasteiger charge is -2.30. The Morgan fingerprint density at radius 3 is 2.29 bits per heavy atom. The van der Waals surface area contributed by atoms with Crippen LogP contribution in [-0.4, -0.2) is 81.2 Å². The van der Waals surface area contributed by atoms with E-state index < -0.39 is 59.6 Å². The molecule has 55 heavy (non-hydrogen) atoms. The number of anilines is 1. The van der Waals surface area contributed by atoms with Crippen molar-refractivity contribution in [3.8, 4) is 0 Å². The number of aryl methyl sites for hydroxylation is 1. The number of carbonyl (C=O) groups is 5. The zero-order valence-corrected chi connectivity index (χ0v) is 33.3. The van der Waals surface area contributed by atoms with Gasteiger partial charge in [-0.3, -0.25) is 19.2 Å². The minimum atomic E-state index is -1.22. The van der Waals surface area contributed by atoms with Gasteiger partial charge in [-0.1, -0.05) is 82.7 Å². The Labute approximate surface area is 325 Å². The van der Waals surface area contributed by atoms with Gasteiger partial charge in [0.15, 0.2) is 0 Å². The van der Waals surface area contributed by atoms with Crippen LogP contribution in [0.3, 0.4) is 0 Å². The zero-order valence-electron chi connectivity index (χ0n) is 33.3. The second-order valence-electron chi connectivity index (χ2n) is 15.6. The van der Waals surface area contributed by atoms with Gasteiger partial charge in [-0.2, -0.15) is 0 Å². The molecule has 0 unspecified atom stereocenters. The molecule has 0 aliphatic heterocycles. The van der Waals surface area contributed by atoms with E-state index in [0.717, 1.165) is 37.7 Å². The molecule has 8 N–H and O–H groups in total. The van der Waals surface area contributed by atoms with Crippen molar-refractivity contribution in [2.75, 3.05) is 12.3 Å². The first-order valence-corrected chi connectivity index (χ1v) is 19.5. The van der Waals surface area contributed by atoms with Crippen molar-refractivity contribution < 1.29 is 33.8 Å². The largest absolute Gasteiger partial charge is 0.444 e. The summed E-state index contributed by atoms with van der Waals surface area (Å²) in [7, 11) is 0. The number of alkyl carbamates (subject to hydrolysis) is 1. The predicted molar refractivity (Wildman–Crippen MR) is 209 cm³/mol. The summed E-state index contributed by atoms with van der Waals surface area (Å²) >= 11 is 0. The lowest BCUT2D eigenvalue weighted by Crippen LogP contribution is -2.52. The second kappa shape index (κ2) is 21.9. The third-order valence-electron chi connectivity index (χ3n) is 9.74. The Kier molecular flexibility index (Phi) is 17.8. The van der Waals surface area contributed by atoms with Crippen molar-refractivity contribution in [1.82, 2.24) is 36.6 Å². The summed E-state index contributed by atoms with van der Waals surface area (Å²) in [4.78, 5) is 73.9. The molecule has 5 atom stereocenters. The summed E-state index contributed by atoms with van der Waals surface area (Å²) in [5.74, 6) is -0.987. The van der Waals surface area contributed by atoms with Gasteiger partial charge in [0.1, 0.15) is 29.3 Å². The predicted octanol–water partition coefficient (Wildman–Crippen LogP) is 3.36. The number of nitrogens with two attached hydrogens (primary N) is 1. The number of hydrogen-bond acceptors (Lipinski definition) is 10. The smallest absolute Gasteiger partial charge is 0.408 e. The monoisotopic (exact) mass is 766 g/mol. The quantitative estimate of drug-likeness (QED) is 0.110. The maximum Gasteiger partial charge on any atom is 0.408 e. The topological polar surface area (TPSA) is 227 Å². The molecule has 0 spiro atoms. The molecular formula is C40H62N8O7. The Hall–Kier alpha value is -4.79. The number of aliphatic hydroxyl groups excluding tert-OH is 1. The van der Waals surface area contributed by atoms with Crippen LogP contribution in [0.1, 0.15) is 109 Å². The van der Waals surface area contributed by atoms with E-state index in [1.54, 1.807) is 33.9 Å². The van der Waals surface area contributed by atoms with E-state index in [-0.39, 0.29) is 50.0 Å². The summed E-state index contributed by atoms with van der Waals surface area (Å²) in [5, 5.41) is 25.3. The van der Waals surface area contributed by atoms with Crippen molar-refractivity contribution in [3.63, 3.8) is 0 Å². The molecule has 1 aromatic heterocycles. The number of amides is 5. The van der Waals surface area contributed by atoms with Crippen LogP contribution < -0.4 is 32.3 Å². The number of nitrogens with one attached hydrogen (secondary N) is 5. The highest BCUT2D eigenvalue weighted by Crippen LogP contribution is 2.28. The minimum Gasteiger partial charge on any atom is -0.444 e. The van der Waals surface area contributed by atoms with E-state index in [4.69, 9.17) is 10.5 Å². The lowest BCUT2D eigenvalue weighted by atomic mass is 9.83. The fraction of sp³-hybridized carbons (Fsp3) is 0.625. The van der Waals surface area contributed by atoms with Crippen molar-refractivity contribution in [1.29, 1.82) is 0 Å². The molecule has 15 heteroatoms. The van der Waals surface area contributed by atoms with Crippen LogP contribution in [0.4, 0.5) is 10.6 Å². The van der Waals surface area contributed by atoms with Crippen molar-refractivity contribution in [2.24, 2.45) is 11.8 Å². The average molecular weight is 767 g/mol. The first-order valence-electron chi connectivity index (χ1n) is 19.5. The highest BCUT2D eigenvalue weighted by molar-refractivity contribution is 5.88. The van der Waals surface area contributed by atoms with E-state index in [9.17, 15) is 29.1 Å².